The van der Waals surface area contributed by atoms with Crippen LogP contribution in [0.2, 0.25) is 0 Å². The zero-order valence-corrected chi connectivity index (χ0v) is 23.8. The van der Waals surface area contributed by atoms with Crippen molar-refractivity contribution in [1.82, 2.24) is 0 Å². The smallest absolute Gasteiger partial charge is 0.416 e. The van der Waals surface area contributed by atoms with Gasteiger partial charge < -0.3 is 4.74 Å². The van der Waals surface area contributed by atoms with Gasteiger partial charge in [0.05, 0.1) is 28.3 Å². The second-order valence-corrected chi connectivity index (χ2v) is 13.2. The van der Waals surface area contributed by atoms with Crippen LogP contribution in [0.1, 0.15) is 48.6 Å². The Morgan fingerprint density at radius 3 is 1.34 bits per heavy atom. The first-order valence-corrected chi connectivity index (χ1v) is 14.0. The molecule has 1 aliphatic heterocycles. The number of aliphatic imine (C=N–C) groups is 1. The highest BCUT2D eigenvalue weighted by Crippen LogP contribution is 2.44. The lowest BCUT2D eigenvalue weighted by Gasteiger charge is -2.25. The van der Waals surface area contributed by atoms with Crippen molar-refractivity contribution in [1.29, 1.82) is 0 Å². The number of halogens is 12. The highest BCUT2D eigenvalue weighted by Gasteiger charge is 2.41. The molecule has 4 rings (SSSR count). The topological polar surface area (TPSA) is 21.6 Å². The van der Waals surface area contributed by atoms with Gasteiger partial charge in [0.1, 0.15) is 6.61 Å². The van der Waals surface area contributed by atoms with Gasteiger partial charge >= 0.3 is 24.7 Å². The SMILES string of the molecule is CC(C)(C)[C@@H]1COC(c2ccccc2P(c2cc(C(F)(F)F)cc(C(F)(F)F)c2)c2cc(C(F)(F)F)cc(C(F)(F)F)c2)=N1. The van der Waals surface area contributed by atoms with E-state index in [1.807, 2.05) is 20.8 Å². The van der Waals surface area contributed by atoms with Crippen LogP contribution in [0.25, 0.3) is 0 Å². The fraction of sp³-hybridized carbons (Fsp3) is 0.345. The summed E-state index contributed by atoms with van der Waals surface area (Å²) in [7, 11) is -2.94. The van der Waals surface area contributed by atoms with Crippen LogP contribution >= 0.6 is 7.92 Å². The lowest BCUT2D eigenvalue weighted by atomic mass is 9.88. The molecule has 1 aliphatic rings. The predicted molar refractivity (Wildman–Crippen MR) is 141 cm³/mol. The van der Waals surface area contributed by atoms with Crippen LogP contribution in [0.3, 0.4) is 0 Å². The van der Waals surface area contributed by atoms with Crippen LogP contribution in [0.15, 0.2) is 65.7 Å². The van der Waals surface area contributed by atoms with Crippen molar-refractivity contribution in [2.45, 2.75) is 51.5 Å². The lowest BCUT2D eigenvalue weighted by Crippen LogP contribution is -2.29. The van der Waals surface area contributed by atoms with E-state index < -0.39 is 76.9 Å². The Morgan fingerprint density at radius 1 is 0.614 bits per heavy atom. The zero-order valence-electron chi connectivity index (χ0n) is 22.9. The number of hydrogen-bond acceptors (Lipinski definition) is 2. The summed E-state index contributed by atoms with van der Waals surface area (Å²) in [5.74, 6) is -0.0981. The summed E-state index contributed by atoms with van der Waals surface area (Å²) in [6, 6.07) is 5.70. The van der Waals surface area contributed by atoms with E-state index in [4.69, 9.17) is 4.74 Å². The summed E-state index contributed by atoms with van der Waals surface area (Å²) in [5, 5.41) is -1.73. The van der Waals surface area contributed by atoms with Crippen LogP contribution in [0.5, 0.6) is 0 Å². The van der Waals surface area contributed by atoms with E-state index in [0.29, 0.717) is 24.3 Å². The summed E-state index contributed by atoms with van der Waals surface area (Å²) >= 11 is 0. The van der Waals surface area contributed by atoms with Crippen molar-refractivity contribution >= 4 is 29.7 Å². The molecule has 0 fully saturated rings. The summed E-state index contributed by atoms with van der Waals surface area (Å²) in [5.41, 5.74) is -7.57. The van der Waals surface area contributed by atoms with Crippen LogP contribution in [0.4, 0.5) is 52.7 Å². The van der Waals surface area contributed by atoms with E-state index in [2.05, 4.69) is 4.99 Å². The molecular formula is C29H22F12NOP. The molecule has 0 amide bonds. The number of nitrogens with zero attached hydrogens (tertiary/aromatic N) is 1. The minimum absolute atomic E-state index is 0.00213. The predicted octanol–water partition coefficient (Wildman–Crippen LogP) is 8.71. The van der Waals surface area contributed by atoms with E-state index in [9.17, 15) is 52.7 Å². The molecule has 44 heavy (non-hydrogen) atoms. The first-order chi connectivity index (χ1) is 20.0. The van der Waals surface area contributed by atoms with E-state index in [-0.39, 0.29) is 35.5 Å². The summed E-state index contributed by atoms with van der Waals surface area (Å²) in [6.07, 6.45) is -21.3. The molecule has 238 valence electrons. The molecule has 0 saturated carbocycles. The number of alkyl halides is 12. The molecular weight excluding hydrogens is 637 g/mol. The van der Waals surface area contributed by atoms with Gasteiger partial charge in [0.2, 0.25) is 5.90 Å². The van der Waals surface area contributed by atoms with Gasteiger partial charge in [0.15, 0.2) is 0 Å². The first-order valence-electron chi connectivity index (χ1n) is 12.7. The minimum atomic E-state index is -5.33. The highest BCUT2D eigenvalue weighted by atomic mass is 31.1. The molecule has 1 heterocycles. The number of benzene rings is 3. The third kappa shape index (κ3) is 7.33. The Hall–Kier alpha value is -3.28. The lowest BCUT2D eigenvalue weighted by molar-refractivity contribution is -0.144. The fourth-order valence-electron chi connectivity index (χ4n) is 4.38. The molecule has 0 aromatic heterocycles. The van der Waals surface area contributed by atoms with Gasteiger partial charge in [-0.2, -0.15) is 52.7 Å². The molecule has 0 aliphatic carbocycles. The first kappa shape index (κ1) is 33.6. The second kappa shape index (κ2) is 11.3. The monoisotopic (exact) mass is 659 g/mol. The number of ether oxygens (including phenoxy) is 1. The summed E-state index contributed by atoms with van der Waals surface area (Å²) in [6.45, 7) is 5.52. The van der Waals surface area contributed by atoms with Crippen LogP contribution in [-0.4, -0.2) is 18.5 Å². The van der Waals surface area contributed by atoms with Crippen LogP contribution < -0.4 is 15.9 Å². The Labute approximate surface area is 244 Å². The van der Waals surface area contributed by atoms with E-state index in [0.717, 1.165) is 0 Å². The van der Waals surface area contributed by atoms with Crippen molar-refractivity contribution in [3.05, 3.63) is 88.5 Å². The molecule has 0 unspecified atom stereocenters. The Kier molecular flexibility index (Phi) is 8.60. The van der Waals surface area contributed by atoms with Crippen LogP contribution in [-0.2, 0) is 29.4 Å². The van der Waals surface area contributed by atoms with E-state index in [1.165, 1.54) is 24.3 Å². The maximum Gasteiger partial charge on any atom is 0.416 e. The van der Waals surface area contributed by atoms with Gasteiger partial charge in [-0.05, 0) is 71.7 Å². The third-order valence-electron chi connectivity index (χ3n) is 6.69. The van der Waals surface area contributed by atoms with Gasteiger partial charge in [0, 0.05) is 5.56 Å². The molecule has 0 N–H and O–H groups in total. The van der Waals surface area contributed by atoms with Crippen molar-refractivity contribution < 1.29 is 57.4 Å². The molecule has 1 atom stereocenters. The van der Waals surface area contributed by atoms with Gasteiger partial charge in [-0.1, -0.05) is 39.0 Å². The molecule has 2 nitrogen and oxygen atoms in total. The Bertz CT molecular complexity index is 1420. The van der Waals surface area contributed by atoms with Gasteiger partial charge in [-0.25, -0.2) is 4.99 Å². The summed E-state index contributed by atoms with van der Waals surface area (Å²) in [4.78, 5) is 4.47. The van der Waals surface area contributed by atoms with Gasteiger partial charge in [-0.3, -0.25) is 0 Å². The normalized spacial score (nSPS) is 16.7. The Balaban J connectivity index is 2.11. The Morgan fingerprint density at radius 2 is 1.00 bits per heavy atom. The molecule has 0 spiro atoms. The van der Waals surface area contributed by atoms with Crippen molar-refractivity contribution in [3.8, 4) is 0 Å². The standard InChI is InChI=1S/C29H22F12NOP/c1-25(2,3)23-14-43-24(42-23)21-6-4-5-7-22(21)44(19-10-15(26(30,31)32)8-16(11-19)27(33,34)35)20-12-17(28(36,37)38)9-18(13-20)29(39,40)41/h4-13,23H,14H2,1-3H3/t23-/m0/s1. The molecule has 0 saturated heterocycles. The molecule has 15 heteroatoms. The maximum absolute atomic E-state index is 13.8. The van der Waals surface area contributed by atoms with E-state index >= 15 is 0 Å². The summed E-state index contributed by atoms with van der Waals surface area (Å²) < 4.78 is 172. The van der Waals surface area contributed by atoms with E-state index in [1.54, 1.807) is 0 Å². The van der Waals surface area contributed by atoms with Crippen molar-refractivity contribution in [3.63, 3.8) is 0 Å². The van der Waals surface area contributed by atoms with Crippen molar-refractivity contribution in [2.24, 2.45) is 10.4 Å². The maximum atomic E-state index is 13.8. The molecule has 3 aromatic rings. The molecule has 0 radical (unpaired) electrons. The third-order valence-corrected chi connectivity index (χ3v) is 9.11. The number of rotatable bonds is 4. The fourth-order valence-corrected chi connectivity index (χ4v) is 6.95. The largest absolute Gasteiger partial charge is 0.475 e. The highest BCUT2D eigenvalue weighted by molar-refractivity contribution is 7.80. The zero-order chi connectivity index (χ0) is 33.0. The average molecular weight is 659 g/mol. The molecule has 0 bridgehead atoms. The quantitative estimate of drug-likeness (QED) is 0.203. The van der Waals surface area contributed by atoms with Crippen LogP contribution in [0, 0.1) is 5.41 Å². The molecule has 3 aromatic carbocycles. The van der Waals surface area contributed by atoms with Gasteiger partial charge in [0.25, 0.3) is 0 Å². The average Bonchev–Trinajstić information content (AvgIpc) is 3.38. The second-order valence-electron chi connectivity index (χ2n) is 11.0. The number of hydrogen-bond donors (Lipinski definition) is 0. The van der Waals surface area contributed by atoms with Gasteiger partial charge in [-0.15, -0.1) is 0 Å². The minimum Gasteiger partial charge on any atom is -0.475 e. The van der Waals surface area contributed by atoms with Crippen molar-refractivity contribution in [2.75, 3.05) is 6.61 Å².